The van der Waals surface area contributed by atoms with Crippen LogP contribution in [0.2, 0.25) is 0 Å². The number of rotatable bonds is 7. The molecule has 0 aliphatic heterocycles. The van der Waals surface area contributed by atoms with E-state index >= 15 is 0 Å². The second-order valence-electron chi connectivity index (χ2n) is 5.83. The zero-order valence-corrected chi connectivity index (χ0v) is 14.7. The number of aromatic nitrogens is 1. The molecule has 2 rings (SSSR count). The standard InChI is InChI=1S/C17H23N3O2S/c1-14-13-23-17(22)20(14)12-16(21)19(10-9-18(2)3)11-15-7-5-4-6-8-15/h4-8,13H,9-12H2,1-3H3. The molecule has 124 valence electrons. The summed E-state index contributed by atoms with van der Waals surface area (Å²) in [7, 11) is 3.97. The highest BCUT2D eigenvalue weighted by Gasteiger charge is 2.16. The quantitative estimate of drug-likeness (QED) is 0.776. The summed E-state index contributed by atoms with van der Waals surface area (Å²) in [6, 6.07) is 9.93. The zero-order valence-electron chi connectivity index (χ0n) is 13.9. The van der Waals surface area contributed by atoms with Gasteiger partial charge in [-0.05, 0) is 26.6 Å². The number of amides is 1. The average molecular weight is 333 g/mol. The lowest BCUT2D eigenvalue weighted by Gasteiger charge is -2.25. The number of carbonyl (C=O) groups excluding carboxylic acids is 1. The van der Waals surface area contributed by atoms with E-state index in [9.17, 15) is 9.59 Å². The van der Waals surface area contributed by atoms with E-state index in [-0.39, 0.29) is 17.3 Å². The third kappa shape index (κ3) is 5.04. The van der Waals surface area contributed by atoms with Gasteiger partial charge in [0.15, 0.2) is 0 Å². The highest BCUT2D eigenvalue weighted by molar-refractivity contribution is 7.07. The largest absolute Gasteiger partial charge is 0.336 e. The number of thiazole rings is 1. The van der Waals surface area contributed by atoms with Crippen LogP contribution >= 0.6 is 11.3 Å². The molecular weight excluding hydrogens is 310 g/mol. The van der Waals surface area contributed by atoms with Gasteiger partial charge in [-0.2, -0.15) is 0 Å². The first kappa shape index (κ1) is 17.4. The van der Waals surface area contributed by atoms with Crippen LogP contribution in [-0.4, -0.2) is 47.5 Å². The fourth-order valence-corrected chi connectivity index (χ4v) is 2.98. The van der Waals surface area contributed by atoms with E-state index in [4.69, 9.17) is 0 Å². The lowest BCUT2D eigenvalue weighted by Crippen LogP contribution is -2.39. The molecule has 0 saturated heterocycles. The third-order valence-electron chi connectivity index (χ3n) is 3.66. The van der Waals surface area contributed by atoms with E-state index in [2.05, 4.69) is 0 Å². The van der Waals surface area contributed by atoms with Gasteiger partial charge in [0.05, 0.1) is 0 Å². The number of hydrogen-bond acceptors (Lipinski definition) is 4. The highest BCUT2D eigenvalue weighted by atomic mass is 32.1. The minimum absolute atomic E-state index is 0.0284. The Labute approximate surface area is 140 Å². The first-order valence-electron chi connectivity index (χ1n) is 7.58. The Balaban J connectivity index is 2.12. The average Bonchev–Trinajstić information content (AvgIpc) is 2.84. The van der Waals surface area contributed by atoms with Crippen LogP contribution in [-0.2, 0) is 17.9 Å². The highest BCUT2D eigenvalue weighted by Crippen LogP contribution is 2.07. The number of carbonyl (C=O) groups is 1. The van der Waals surface area contributed by atoms with Crippen LogP contribution in [0.1, 0.15) is 11.3 Å². The zero-order chi connectivity index (χ0) is 16.8. The maximum absolute atomic E-state index is 12.7. The maximum Gasteiger partial charge on any atom is 0.307 e. The Morgan fingerprint density at radius 1 is 1.17 bits per heavy atom. The van der Waals surface area contributed by atoms with Crippen molar-refractivity contribution in [2.75, 3.05) is 27.2 Å². The summed E-state index contributed by atoms with van der Waals surface area (Å²) in [6.07, 6.45) is 0. The normalized spacial score (nSPS) is 11.0. The molecule has 0 aliphatic carbocycles. The topological polar surface area (TPSA) is 45.6 Å². The molecule has 6 heteroatoms. The molecule has 2 aromatic rings. The van der Waals surface area contributed by atoms with Gasteiger partial charge in [0.25, 0.3) is 0 Å². The van der Waals surface area contributed by atoms with E-state index in [0.29, 0.717) is 13.1 Å². The van der Waals surface area contributed by atoms with Gasteiger partial charge in [-0.25, -0.2) is 0 Å². The second-order valence-corrected chi connectivity index (χ2v) is 6.65. The fraction of sp³-hybridized carbons (Fsp3) is 0.412. The van der Waals surface area contributed by atoms with Crippen LogP contribution in [0.4, 0.5) is 0 Å². The molecule has 0 spiro atoms. The van der Waals surface area contributed by atoms with E-state index in [1.807, 2.05) is 61.2 Å². The van der Waals surface area contributed by atoms with Crippen molar-refractivity contribution in [1.82, 2.24) is 14.4 Å². The summed E-state index contributed by atoms with van der Waals surface area (Å²) in [5.74, 6) is -0.0284. The Morgan fingerprint density at radius 2 is 1.87 bits per heavy atom. The lowest BCUT2D eigenvalue weighted by molar-refractivity contribution is -0.132. The number of hydrogen-bond donors (Lipinski definition) is 0. The van der Waals surface area contributed by atoms with Crippen LogP contribution in [0.25, 0.3) is 0 Å². The van der Waals surface area contributed by atoms with Gasteiger partial charge in [0.2, 0.25) is 5.91 Å². The maximum atomic E-state index is 12.7. The van der Waals surface area contributed by atoms with Gasteiger partial charge in [-0.15, -0.1) is 0 Å². The monoisotopic (exact) mass is 333 g/mol. The van der Waals surface area contributed by atoms with Crippen LogP contribution in [0.5, 0.6) is 0 Å². The number of aryl methyl sites for hydroxylation is 1. The summed E-state index contributed by atoms with van der Waals surface area (Å²) in [5.41, 5.74) is 1.93. The van der Waals surface area contributed by atoms with Crippen molar-refractivity contribution in [2.24, 2.45) is 0 Å². The molecule has 1 heterocycles. The van der Waals surface area contributed by atoms with Crippen molar-refractivity contribution in [3.8, 4) is 0 Å². The molecule has 0 N–H and O–H groups in total. The third-order valence-corrected chi connectivity index (χ3v) is 4.54. The lowest BCUT2D eigenvalue weighted by atomic mass is 10.2. The summed E-state index contributed by atoms with van der Waals surface area (Å²) in [5, 5.41) is 1.79. The Hall–Kier alpha value is -1.92. The van der Waals surface area contributed by atoms with E-state index in [1.165, 1.54) is 0 Å². The molecule has 0 radical (unpaired) electrons. The SMILES string of the molecule is Cc1csc(=O)n1CC(=O)N(CCN(C)C)Cc1ccccc1. The molecule has 23 heavy (non-hydrogen) atoms. The Kier molecular flexibility index (Phi) is 6.12. The number of nitrogens with zero attached hydrogens (tertiary/aromatic N) is 3. The molecule has 0 bridgehead atoms. The molecule has 1 aromatic carbocycles. The fourth-order valence-electron chi connectivity index (χ4n) is 2.25. The van der Waals surface area contributed by atoms with Gasteiger partial charge in [-0.1, -0.05) is 41.7 Å². The first-order valence-corrected chi connectivity index (χ1v) is 8.46. The van der Waals surface area contributed by atoms with Gasteiger partial charge < -0.3 is 9.80 Å². The van der Waals surface area contributed by atoms with Crippen molar-refractivity contribution in [1.29, 1.82) is 0 Å². The predicted molar refractivity (Wildman–Crippen MR) is 93.7 cm³/mol. The van der Waals surface area contributed by atoms with Crippen molar-refractivity contribution in [2.45, 2.75) is 20.0 Å². The molecule has 1 aromatic heterocycles. The Bertz CT molecular complexity index is 691. The van der Waals surface area contributed by atoms with Gasteiger partial charge in [0.1, 0.15) is 6.54 Å². The molecule has 0 fully saturated rings. The van der Waals surface area contributed by atoms with Crippen molar-refractivity contribution in [3.05, 3.63) is 56.6 Å². The molecule has 0 atom stereocenters. The van der Waals surface area contributed by atoms with E-state index < -0.39 is 0 Å². The van der Waals surface area contributed by atoms with Crippen LogP contribution in [0, 0.1) is 6.92 Å². The molecule has 0 saturated carbocycles. The first-order chi connectivity index (χ1) is 11.0. The van der Waals surface area contributed by atoms with Gasteiger partial charge >= 0.3 is 4.87 Å². The van der Waals surface area contributed by atoms with Crippen LogP contribution < -0.4 is 4.87 Å². The summed E-state index contributed by atoms with van der Waals surface area (Å²) >= 11 is 1.14. The molecule has 1 amide bonds. The Morgan fingerprint density at radius 3 is 2.43 bits per heavy atom. The smallest absolute Gasteiger partial charge is 0.307 e. The van der Waals surface area contributed by atoms with E-state index in [0.717, 1.165) is 29.1 Å². The van der Waals surface area contributed by atoms with E-state index in [1.54, 1.807) is 9.95 Å². The number of benzene rings is 1. The summed E-state index contributed by atoms with van der Waals surface area (Å²) in [6.45, 7) is 3.95. The molecule has 0 unspecified atom stereocenters. The van der Waals surface area contributed by atoms with Crippen LogP contribution in [0.15, 0.2) is 40.5 Å². The van der Waals surface area contributed by atoms with Crippen molar-refractivity contribution in [3.63, 3.8) is 0 Å². The number of likely N-dealkylation sites (N-methyl/N-ethyl adjacent to an activating group) is 1. The molecular formula is C17H23N3O2S. The van der Waals surface area contributed by atoms with Crippen molar-refractivity contribution >= 4 is 17.2 Å². The minimum Gasteiger partial charge on any atom is -0.336 e. The molecule has 5 nitrogen and oxygen atoms in total. The second kappa shape index (κ2) is 8.08. The summed E-state index contributed by atoms with van der Waals surface area (Å²) in [4.78, 5) is 28.3. The van der Waals surface area contributed by atoms with Crippen LogP contribution in [0.3, 0.4) is 0 Å². The summed E-state index contributed by atoms with van der Waals surface area (Å²) < 4.78 is 1.54. The minimum atomic E-state index is -0.0804. The van der Waals surface area contributed by atoms with Gasteiger partial charge in [-0.3, -0.25) is 14.2 Å². The predicted octanol–water partition coefficient (Wildman–Crippen LogP) is 1.81. The van der Waals surface area contributed by atoms with Gasteiger partial charge in [0, 0.05) is 30.7 Å². The molecule has 0 aliphatic rings. The van der Waals surface area contributed by atoms with Crippen molar-refractivity contribution < 1.29 is 4.79 Å².